The van der Waals surface area contributed by atoms with Crippen LogP contribution in [0, 0.1) is 5.92 Å². The van der Waals surface area contributed by atoms with Gasteiger partial charge in [0, 0.05) is 12.5 Å². The number of carbonyl (C=O) groups excluding carboxylic acids is 1. The van der Waals surface area contributed by atoms with Crippen molar-refractivity contribution in [3.05, 3.63) is 0 Å². The molecule has 3 N–H and O–H groups in total. The van der Waals surface area contributed by atoms with Crippen molar-refractivity contribution in [1.82, 2.24) is 5.32 Å². The average molecular weight is 235 g/mol. The molecule has 2 rings (SSSR count). The van der Waals surface area contributed by atoms with E-state index in [2.05, 4.69) is 5.32 Å². The van der Waals surface area contributed by atoms with Crippen molar-refractivity contribution >= 4 is 18.3 Å². The number of nitrogens with one attached hydrogen (secondary N) is 1. The molecule has 2 saturated heterocycles. The van der Waals surface area contributed by atoms with Crippen LogP contribution in [0.4, 0.5) is 0 Å². The maximum absolute atomic E-state index is 11.2. The minimum Gasteiger partial charge on any atom is -0.375 e. The molecule has 2 fully saturated rings. The largest absolute Gasteiger partial charge is 0.375 e. The number of fused-ring (bicyclic) bond motifs is 2. The van der Waals surface area contributed by atoms with Gasteiger partial charge in [-0.25, -0.2) is 0 Å². The van der Waals surface area contributed by atoms with Crippen molar-refractivity contribution in [1.29, 1.82) is 0 Å². The minimum atomic E-state index is -0.408. The Kier molecular flexibility index (Phi) is 4.37. The van der Waals surface area contributed by atoms with Crippen LogP contribution in [0.15, 0.2) is 0 Å². The van der Waals surface area contributed by atoms with Crippen molar-refractivity contribution in [3.8, 4) is 0 Å². The van der Waals surface area contributed by atoms with Gasteiger partial charge in [0.15, 0.2) is 0 Å². The van der Waals surface area contributed by atoms with Gasteiger partial charge in [-0.1, -0.05) is 0 Å². The van der Waals surface area contributed by atoms with Gasteiger partial charge in [0.2, 0.25) is 5.91 Å². The summed E-state index contributed by atoms with van der Waals surface area (Å²) in [6.45, 7) is 2.42. The molecule has 0 aromatic heterocycles. The van der Waals surface area contributed by atoms with Gasteiger partial charge >= 0.3 is 0 Å². The first-order chi connectivity index (χ1) is 6.66. The van der Waals surface area contributed by atoms with Crippen molar-refractivity contribution in [2.75, 3.05) is 6.54 Å². The highest BCUT2D eigenvalue weighted by molar-refractivity contribution is 5.85. The summed E-state index contributed by atoms with van der Waals surface area (Å²) in [5.74, 6) is 0.448. The van der Waals surface area contributed by atoms with E-state index in [1.54, 1.807) is 6.92 Å². The summed E-state index contributed by atoms with van der Waals surface area (Å²) in [5.41, 5.74) is 5.45. The van der Waals surface area contributed by atoms with Gasteiger partial charge in [0.1, 0.15) is 0 Å². The first kappa shape index (κ1) is 12.7. The molecule has 4 nitrogen and oxygen atoms in total. The van der Waals surface area contributed by atoms with Crippen LogP contribution in [0.1, 0.15) is 26.2 Å². The summed E-state index contributed by atoms with van der Waals surface area (Å²) in [7, 11) is 0. The molecule has 4 atom stereocenters. The van der Waals surface area contributed by atoms with E-state index in [4.69, 9.17) is 10.5 Å². The van der Waals surface area contributed by atoms with Crippen LogP contribution >= 0.6 is 12.4 Å². The molecule has 1 amide bonds. The minimum absolute atomic E-state index is 0. The maximum Gasteiger partial charge on any atom is 0.236 e. The fourth-order valence-electron chi connectivity index (χ4n) is 2.35. The summed E-state index contributed by atoms with van der Waals surface area (Å²) in [6.07, 6.45) is 4.29. The smallest absolute Gasteiger partial charge is 0.236 e. The summed E-state index contributed by atoms with van der Waals surface area (Å²) in [6, 6.07) is -0.408. The zero-order valence-electron chi connectivity index (χ0n) is 8.94. The molecule has 0 aliphatic carbocycles. The lowest BCUT2D eigenvalue weighted by atomic mass is 9.89. The third-order valence-corrected chi connectivity index (χ3v) is 3.18. The van der Waals surface area contributed by atoms with E-state index in [0.717, 1.165) is 19.4 Å². The number of ether oxygens (including phenoxy) is 1. The van der Waals surface area contributed by atoms with E-state index in [1.165, 1.54) is 6.42 Å². The van der Waals surface area contributed by atoms with Gasteiger partial charge in [-0.3, -0.25) is 4.79 Å². The molecule has 2 aliphatic heterocycles. The molecular weight excluding hydrogens is 216 g/mol. The van der Waals surface area contributed by atoms with E-state index in [9.17, 15) is 4.79 Å². The van der Waals surface area contributed by atoms with Crippen LogP contribution in [0.3, 0.4) is 0 Å². The number of halogens is 1. The second-order valence-corrected chi connectivity index (χ2v) is 4.40. The van der Waals surface area contributed by atoms with Gasteiger partial charge < -0.3 is 15.8 Å². The van der Waals surface area contributed by atoms with Crippen LogP contribution in [0.2, 0.25) is 0 Å². The number of rotatable bonds is 3. The zero-order chi connectivity index (χ0) is 10.1. The SMILES string of the molecule is C[C@@H](N)C(=O)NC[C@@H]1C[C@@H]2CC[C@H]1O2.Cl. The van der Waals surface area contributed by atoms with Crippen molar-refractivity contribution in [2.45, 2.75) is 44.4 Å². The van der Waals surface area contributed by atoms with Crippen LogP contribution in [-0.2, 0) is 9.53 Å². The third-order valence-electron chi connectivity index (χ3n) is 3.18. The van der Waals surface area contributed by atoms with Gasteiger partial charge in [0.25, 0.3) is 0 Å². The second kappa shape index (κ2) is 5.14. The van der Waals surface area contributed by atoms with Gasteiger partial charge in [-0.15, -0.1) is 12.4 Å². The van der Waals surface area contributed by atoms with Crippen LogP contribution in [0.25, 0.3) is 0 Å². The molecule has 2 heterocycles. The van der Waals surface area contributed by atoms with Crippen LogP contribution in [0.5, 0.6) is 0 Å². The molecule has 2 aliphatic rings. The second-order valence-electron chi connectivity index (χ2n) is 4.40. The van der Waals surface area contributed by atoms with E-state index < -0.39 is 6.04 Å². The lowest BCUT2D eigenvalue weighted by Crippen LogP contribution is -2.41. The molecule has 0 aromatic carbocycles. The Balaban J connectivity index is 0.00000112. The number of hydrogen-bond acceptors (Lipinski definition) is 3. The van der Waals surface area contributed by atoms with Crippen molar-refractivity contribution in [3.63, 3.8) is 0 Å². The predicted molar refractivity (Wildman–Crippen MR) is 59.9 cm³/mol. The third kappa shape index (κ3) is 2.83. The van der Waals surface area contributed by atoms with Crippen molar-refractivity contribution in [2.24, 2.45) is 11.7 Å². The molecule has 0 aromatic rings. The number of hydrogen-bond donors (Lipinski definition) is 2. The van der Waals surface area contributed by atoms with E-state index >= 15 is 0 Å². The van der Waals surface area contributed by atoms with Crippen LogP contribution in [-0.4, -0.2) is 30.7 Å². The zero-order valence-corrected chi connectivity index (χ0v) is 9.76. The lowest BCUT2D eigenvalue weighted by molar-refractivity contribution is -0.122. The standard InChI is InChI=1S/C10H18N2O2.ClH/c1-6(11)10(13)12-5-7-4-8-2-3-9(7)14-8;/h6-9H,2-5,11H2,1H3,(H,12,13);1H/t6-,7+,8+,9-;/m1./s1. The highest BCUT2D eigenvalue weighted by atomic mass is 35.5. The average Bonchev–Trinajstić information content (AvgIpc) is 2.74. The monoisotopic (exact) mass is 234 g/mol. The Hall–Kier alpha value is -0.320. The molecule has 2 bridgehead atoms. The Bertz CT molecular complexity index is 235. The van der Waals surface area contributed by atoms with Gasteiger partial charge in [0.05, 0.1) is 18.2 Å². The van der Waals surface area contributed by atoms with Crippen LogP contribution < -0.4 is 11.1 Å². The molecule has 0 unspecified atom stereocenters. The highest BCUT2D eigenvalue weighted by Gasteiger charge is 2.40. The first-order valence-electron chi connectivity index (χ1n) is 5.35. The number of carbonyl (C=O) groups is 1. The quantitative estimate of drug-likeness (QED) is 0.745. The van der Waals surface area contributed by atoms with E-state index in [-0.39, 0.29) is 18.3 Å². The van der Waals surface area contributed by atoms with Crippen molar-refractivity contribution < 1.29 is 9.53 Å². The fourth-order valence-corrected chi connectivity index (χ4v) is 2.35. The topological polar surface area (TPSA) is 64.4 Å². The summed E-state index contributed by atoms with van der Waals surface area (Å²) in [4.78, 5) is 11.2. The summed E-state index contributed by atoms with van der Waals surface area (Å²) < 4.78 is 5.70. The molecule has 0 saturated carbocycles. The maximum atomic E-state index is 11.2. The van der Waals surface area contributed by atoms with Gasteiger partial charge in [-0.05, 0) is 26.2 Å². The number of nitrogens with two attached hydrogens (primary N) is 1. The molecule has 5 heteroatoms. The summed E-state index contributed by atoms with van der Waals surface area (Å²) in [5, 5.41) is 2.86. The normalized spacial score (nSPS) is 34.7. The Morgan fingerprint density at radius 2 is 2.33 bits per heavy atom. The predicted octanol–water partition coefficient (Wildman–Crippen LogP) is 0.439. The Labute approximate surface area is 96.3 Å². The molecule has 0 radical (unpaired) electrons. The summed E-state index contributed by atoms with van der Waals surface area (Å²) >= 11 is 0. The molecule has 15 heavy (non-hydrogen) atoms. The molecule has 88 valence electrons. The Morgan fingerprint density at radius 1 is 1.60 bits per heavy atom. The van der Waals surface area contributed by atoms with Gasteiger partial charge in [-0.2, -0.15) is 0 Å². The molecule has 0 spiro atoms. The highest BCUT2D eigenvalue weighted by Crippen LogP contribution is 2.38. The lowest BCUT2D eigenvalue weighted by Gasteiger charge is -2.19. The first-order valence-corrected chi connectivity index (χ1v) is 5.35. The Morgan fingerprint density at radius 3 is 2.80 bits per heavy atom. The molecular formula is C10H19ClN2O2. The van der Waals surface area contributed by atoms with E-state index in [0.29, 0.717) is 18.1 Å². The fraction of sp³-hybridized carbons (Fsp3) is 0.900. The number of amides is 1. The van der Waals surface area contributed by atoms with E-state index in [1.807, 2.05) is 0 Å².